The second-order valence-electron chi connectivity index (χ2n) is 8.32. The number of carbonyl (C=O) groups is 1. The Bertz CT molecular complexity index is 1130. The Kier molecular flexibility index (Phi) is 5.35. The number of nitrogens with zero attached hydrogens (tertiary/aromatic N) is 4. The summed E-state index contributed by atoms with van der Waals surface area (Å²) in [5, 5.41) is 5.86. The number of aryl methyl sites for hydroxylation is 1. The third-order valence-corrected chi connectivity index (χ3v) is 6.02. The molecule has 0 aromatic carbocycles. The number of fused-ring (bicyclic) bond motifs is 2. The minimum absolute atomic E-state index is 0.115. The maximum Gasteiger partial charge on any atom is 0.390 e. The summed E-state index contributed by atoms with van der Waals surface area (Å²) in [6.45, 7) is 3.81. The maximum atomic E-state index is 13.5. The standard InChI is InChI=1S/C20H24F3N7O2/c1-11-8-13(27-16-12(2)15(24)25-10-26-16)18(32)30-14(11)17(31)28-19(30)4-3-6-29(9-19)7-5-20(21,22)23/h8,10H,3-7,9H2,1-2H3,(H,28,31)(H3,24,25,26,27). The molecule has 1 atom stereocenters. The van der Waals surface area contributed by atoms with Crippen molar-refractivity contribution in [1.82, 2.24) is 24.8 Å². The number of pyridine rings is 1. The van der Waals surface area contributed by atoms with Gasteiger partial charge in [0, 0.05) is 18.7 Å². The summed E-state index contributed by atoms with van der Waals surface area (Å²) < 4.78 is 39.6. The third kappa shape index (κ3) is 3.90. The monoisotopic (exact) mass is 451 g/mol. The van der Waals surface area contributed by atoms with Gasteiger partial charge in [-0.25, -0.2) is 9.97 Å². The Balaban J connectivity index is 1.73. The lowest BCUT2D eigenvalue weighted by Crippen LogP contribution is -2.58. The highest BCUT2D eigenvalue weighted by Crippen LogP contribution is 2.34. The van der Waals surface area contributed by atoms with Gasteiger partial charge in [-0.2, -0.15) is 13.2 Å². The van der Waals surface area contributed by atoms with Crippen LogP contribution in [-0.2, 0) is 5.66 Å². The molecule has 1 unspecified atom stereocenters. The van der Waals surface area contributed by atoms with Gasteiger partial charge < -0.3 is 16.4 Å². The highest BCUT2D eigenvalue weighted by molar-refractivity contribution is 5.97. The van der Waals surface area contributed by atoms with E-state index < -0.39 is 29.7 Å². The van der Waals surface area contributed by atoms with Gasteiger partial charge in [0.05, 0.1) is 6.42 Å². The van der Waals surface area contributed by atoms with Crippen LogP contribution >= 0.6 is 0 Å². The number of halogens is 3. The fourth-order valence-electron chi connectivity index (χ4n) is 4.45. The number of anilines is 3. The van der Waals surface area contributed by atoms with E-state index in [9.17, 15) is 22.8 Å². The predicted octanol–water partition coefficient (Wildman–Crippen LogP) is 2.03. The smallest absolute Gasteiger partial charge is 0.383 e. The summed E-state index contributed by atoms with van der Waals surface area (Å²) >= 11 is 0. The van der Waals surface area contributed by atoms with Gasteiger partial charge in [0.15, 0.2) is 0 Å². The molecule has 0 aliphatic carbocycles. The molecule has 0 saturated carbocycles. The molecule has 2 aliphatic rings. The molecule has 1 fully saturated rings. The zero-order valence-electron chi connectivity index (χ0n) is 17.7. The van der Waals surface area contributed by atoms with Crippen LogP contribution in [0.1, 0.15) is 40.9 Å². The van der Waals surface area contributed by atoms with Gasteiger partial charge in [-0.15, -0.1) is 0 Å². The molecule has 1 amide bonds. The first kappa shape index (κ1) is 22.1. The first-order valence-electron chi connectivity index (χ1n) is 10.2. The number of likely N-dealkylation sites (tertiary alicyclic amines) is 1. The molecule has 4 heterocycles. The molecule has 2 aromatic rings. The number of nitrogen functional groups attached to an aromatic ring is 1. The highest BCUT2D eigenvalue weighted by atomic mass is 19.4. The van der Waals surface area contributed by atoms with E-state index in [4.69, 9.17) is 5.73 Å². The van der Waals surface area contributed by atoms with Crippen LogP contribution in [0.5, 0.6) is 0 Å². The van der Waals surface area contributed by atoms with Crippen molar-refractivity contribution in [2.24, 2.45) is 0 Å². The van der Waals surface area contributed by atoms with Crippen molar-refractivity contribution in [3.63, 3.8) is 0 Å². The number of nitrogens with two attached hydrogens (primary N) is 1. The van der Waals surface area contributed by atoms with Crippen molar-refractivity contribution in [3.8, 4) is 0 Å². The van der Waals surface area contributed by atoms with Crippen LogP contribution in [0.4, 0.5) is 30.5 Å². The molecule has 1 saturated heterocycles. The normalized spacial score (nSPS) is 21.0. The highest BCUT2D eigenvalue weighted by Gasteiger charge is 2.47. The molecule has 1 spiro atoms. The lowest BCUT2D eigenvalue weighted by molar-refractivity contribution is -0.139. The van der Waals surface area contributed by atoms with Crippen molar-refractivity contribution in [3.05, 3.63) is 39.6 Å². The van der Waals surface area contributed by atoms with Gasteiger partial charge in [-0.05, 0) is 44.9 Å². The van der Waals surface area contributed by atoms with Crippen LogP contribution in [0.25, 0.3) is 0 Å². The van der Waals surface area contributed by atoms with Gasteiger partial charge >= 0.3 is 6.18 Å². The molecular weight excluding hydrogens is 427 g/mol. The number of carbonyl (C=O) groups excluding carboxylic acids is 1. The third-order valence-electron chi connectivity index (χ3n) is 6.02. The quantitative estimate of drug-likeness (QED) is 0.651. The molecule has 2 aliphatic heterocycles. The molecule has 4 N–H and O–H groups in total. The van der Waals surface area contributed by atoms with E-state index in [1.165, 1.54) is 10.9 Å². The van der Waals surface area contributed by atoms with Crippen LogP contribution < -0.4 is 21.9 Å². The zero-order valence-corrected chi connectivity index (χ0v) is 17.7. The van der Waals surface area contributed by atoms with Gasteiger partial charge in [-0.3, -0.25) is 19.1 Å². The second-order valence-corrected chi connectivity index (χ2v) is 8.32. The van der Waals surface area contributed by atoms with Crippen LogP contribution in [0.3, 0.4) is 0 Å². The average Bonchev–Trinajstić information content (AvgIpc) is 2.99. The first-order valence-corrected chi connectivity index (χ1v) is 10.2. The van der Waals surface area contributed by atoms with Gasteiger partial charge in [0.1, 0.15) is 35.0 Å². The number of aromatic nitrogens is 3. The van der Waals surface area contributed by atoms with Gasteiger partial charge in [-0.1, -0.05) is 0 Å². The summed E-state index contributed by atoms with van der Waals surface area (Å²) in [4.78, 5) is 35.9. The van der Waals surface area contributed by atoms with Gasteiger partial charge in [0.2, 0.25) is 0 Å². The molecule has 12 heteroatoms. The predicted molar refractivity (Wildman–Crippen MR) is 112 cm³/mol. The number of hydrogen-bond donors (Lipinski definition) is 3. The summed E-state index contributed by atoms with van der Waals surface area (Å²) in [5.41, 5.74) is 5.80. The van der Waals surface area contributed by atoms with E-state index in [0.29, 0.717) is 36.3 Å². The molecule has 32 heavy (non-hydrogen) atoms. The van der Waals surface area contributed by atoms with E-state index in [2.05, 4.69) is 20.6 Å². The summed E-state index contributed by atoms with van der Waals surface area (Å²) in [6.07, 6.45) is -2.97. The fraction of sp³-hybridized carbons (Fsp3) is 0.500. The van der Waals surface area contributed by atoms with Crippen molar-refractivity contribution in [2.45, 2.75) is 44.9 Å². The van der Waals surface area contributed by atoms with Crippen molar-refractivity contribution < 1.29 is 18.0 Å². The van der Waals surface area contributed by atoms with E-state index in [0.717, 1.165) is 0 Å². The molecule has 9 nitrogen and oxygen atoms in total. The lowest BCUT2D eigenvalue weighted by Gasteiger charge is -2.41. The Morgan fingerprint density at radius 1 is 1.28 bits per heavy atom. The topological polar surface area (TPSA) is 118 Å². The van der Waals surface area contributed by atoms with E-state index in [1.54, 1.807) is 24.8 Å². The van der Waals surface area contributed by atoms with E-state index >= 15 is 0 Å². The molecule has 0 bridgehead atoms. The van der Waals surface area contributed by atoms with Crippen molar-refractivity contribution in [1.29, 1.82) is 0 Å². The van der Waals surface area contributed by atoms with Crippen molar-refractivity contribution >= 4 is 23.2 Å². The van der Waals surface area contributed by atoms with Gasteiger partial charge in [0.25, 0.3) is 11.5 Å². The van der Waals surface area contributed by atoms with Crippen LogP contribution in [-0.4, -0.2) is 51.2 Å². The second kappa shape index (κ2) is 7.76. The van der Waals surface area contributed by atoms with Crippen LogP contribution in [0.15, 0.2) is 17.2 Å². The first-order chi connectivity index (χ1) is 15.0. The minimum Gasteiger partial charge on any atom is -0.383 e. The molecule has 0 radical (unpaired) electrons. The largest absolute Gasteiger partial charge is 0.390 e. The Hall–Kier alpha value is -3.15. The lowest BCUT2D eigenvalue weighted by atomic mass is 9.97. The number of amides is 1. The van der Waals surface area contributed by atoms with E-state index in [1.807, 2.05) is 0 Å². The van der Waals surface area contributed by atoms with Crippen molar-refractivity contribution in [2.75, 3.05) is 30.7 Å². The zero-order chi connectivity index (χ0) is 23.3. The van der Waals surface area contributed by atoms with Crippen LogP contribution in [0.2, 0.25) is 0 Å². The summed E-state index contributed by atoms with van der Waals surface area (Å²) in [6, 6.07) is 1.56. The summed E-state index contributed by atoms with van der Waals surface area (Å²) in [5.74, 6) is 0.212. The molecule has 4 rings (SSSR count). The van der Waals surface area contributed by atoms with Crippen LogP contribution in [0, 0.1) is 13.8 Å². The minimum atomic E-state index is -4.27. The molecular formula is C20H24F3N7O2. The Morgan fingerprint density at radius 2 is 2.03 bits per heavy atom. The number of rotatable bonds is 4. The number of piperidine rings is 1. The number of hydrogen-bond acceptors (Lipinski definition) is 7. The maximum absolute atomic E-state index is 13.5. The molecule has 2 aromatic heterocycles. The fourth-order valence-corrected chi connectivity index (χ4v) is 4.45. The molecule has 172 valence electrons. The Morgan fingerprint density at radius 3 is 2.75 bits per heavy atom. The van der Waals surface area contributed by atoms with E-state index in [-0.39, 0.29) is 30.3 Å². The number of nitrogens with one attached hydrogen (secondary N) is 2. The Labute approximate surface area is 181 Å². The average molecular weight is 451 g/mol. The number of alkyl halides is 3. The SMILES string of the molecule is Cc1cc(Nc2ncnc(N)c2C)c(=O)n2c1C(=O)NC21CCCN(CCC(F)(F)F)C1. The summed E-state index contributed by atoms with van der Waals surface area (Å²) in [7, 11) is 0.